The van der Waals surface area contributed by atoms with Crippen LogP contribution in [0.5, 0.6) is 0 Å². The van der Waals surface area contributed by atoms with Crippen LogP contribution in [0.25, 0.3) is 0 Å². The van der Waals surface area contributed by atoms with Gasteiger partial charge in [-0.2, -0.15) is 0 Å². The summed E-state index contributed by atoms with van der Waals surface area (Å²) >= 11 is 3.79. The minimum Gasteiger partial charge on any atom is -0.0890 e. The van der Waals surface area contributed by atoms with Gasteiger partial charge < -0.3 is 0 Å². The van der Waals surface area contributed by atoms with Crippen LogP contribution in [0.4, 0.5) is 0 Å². The zero-order chi connectivity index (χ0) is 7.53. The van der Waals surface area contributed by atoms with Crippen LogP contribution in [-0.2, 0) is 0 Å². The van der Waals surface area contributed by atoms with Crippen molar-refractivity contribution in [3.05, 3.63) is 0 Å². The number of rotatable bonds is 0. The molecule has 0 N–H and O–H groups in total. The van der Waals surface area contributed by atoms with Crippen LogP contribution in [0, 0.1) is 10.8 Å². The highest BCUT2D eigenvalue weighted by Gasteiger charge is 2.71. The van der Waals surface area contributed by atoms with E-state index in [9.17, 15) is 0 Å². The van der Waals surface area contributed by atoms with Gasteiger partial charge in [0.15, 0.2) is 0 Å². The predicted molar refractivity (Wildman–Crippen MR) is 49.9 cm³/mol. The molecule has 0 aromatic carbocycles. The van der Waals surface area contributed by atoms with Gasteiger partial charge in [0, 0.05) is 4.83 Å². The van der Waals surface area contributed by atoms with Crippen LogP contribution in [0.2, 0.25) is 0 Å². The van der Waals surface area contributed by atoms with E-state index < -0.39 is 0 Å². The molecule has 3 aliphatic rings. The number of halogens is 1. The average molecular weight is 215 g/mol. The zero-order valence-corrected chi connectivity index (χ0v) is 8.49. The molecule has 3 atom stereocenters. The van der Waals surface area contributed by atoms with Crippen molar-refractivity contribution in [1.82, 2.24) is 0 Å². The van der Waals surface area contributed by atoms with Gasteiger partial charge >= 0.3 is 0 Å². The molecule has 3 fully saturated rings. The van der Waals surface area contributed by atoms with E-state index in [1.165, 1.54) is 25.7 Å². The van der Waals surface area contributed by atoms with E-state index in [0.29, 0.717) is 0 Å². The summed E-state index contributed by atoms with van der Waals surface area (Å²) < 4.78 is 0. The molecule has 0 bridgehead atoms. The maximum atomic E-state index is 3.79. The number of alkyl halides is 1. The van der Waals surface area contributed by atoms with Gasteiger partial charge in [-0.05, 0) is 42.9 Å². The van der Waals surface area contributed by atoms with Crippen LogP contribution in [0.1, 0.15) is 44.9 Å². The molecular weight excluding hydrogens is 200 g/mol. The summed E-state index contributed by atoms with van der Waals surface area (Å²) in [6, 6.07) is 0. The van der Waals surface area contributed by atoms with E-state index in [4.69, 9.17) is 0 Å². The molecule has 3 rings (SSSR count). The summed E-state index contributed by atoms with van der Waals surface area (Å²) in [4.78, 5) is 0.870. The van der Waals surface area contributed by atoms with E-state index in [1.807, 2.05) is 0 Å². The molecule has 0 spiro atoms. The quantitative estimate of drug-likeness (QED) is 0.542. The third-order valence-corrected chi connectivity index (χ3v) is 5.11. The lowest BCUT2D eigenvalue weighted by Gasteiger charge is -2.23. The Kier molecular flexibility index (Phi) is 1.18. The van der Waals surface area contributed by atoms with E-state index in [-0.39, 0.29) is 0 Å². The Bertz CT molecular complexity index is 173. The van der Waals surface area contributed by atoms with Gasteiger partial charge in [0.2, 0.25) is 0 Å². The highest BCUT2D eigenvalue weighted by molar-refractivity contribution is 9.09. The fourth-order valence-corrected chi connectivity index (χ4v) is 5.18. The van der Waals surface area contributed by atoms with Crippen molar-refractivity contribution in [3.63, 3.8) is 0 Å². The first-order chi connectivity index (χ1) is 5.27. The van der Waals surface area contributed by atoms with Crippen molar-refractivity contribution in [2.24, 2.45) is 10.8 Å². The Morgan fingerprint density at radius 3 is 2.09 bits per heavy atom. The maximum Gasteiger partial charge on any atom is 0.0156 e. The molecular formula is C10H15Br. The van der Waals surface area contributed by atoms with Gasteiger partial charge in [0.25, 0.3) is 0 Å². The lowest BCUT2D eigenvalue weighted by molar-refractivity contribution is 0.277. The summed E-state index contributed by atoms with van der Waals surface area (Å²) in [6.45, 7) is 0. The van der Waals surface area contributed by atoms with Crippen LogP contribution in [-0.4, -0.2) is 4.83 Å². The highest BCUT2D eigenvalue weighted by Crippen LogP contribution is 2.80. The SMILES string of the molecule is BrC1C[C@]23CCCC[C@@]2(C1)C3. The highest BCUT2D eigenvalue weighted by atomic mass is 79.9. The van der Waals surface area contributed by atoms with Crippen molar-refractivity contribution >= 4 is 15.9 Å². The lowest BCUT2D eigenvalue weighted by atomic mass is 9.82. The molecule has 0 amide bonds. The fourth-order valence-electron chi connectivity index (χ4n) is 3.94. The monoisotopic (exact) mass is 214 g/mol. The molecule has 0 heterocycles. The van der Waals surface area contributed by atoms with Crippen molar-refractivity contribution in [2.45, 2.75) is 49.8 Å². The van der Waals surface area contributed by atoms with E-state index in [0.717, 1.165) is 15.7 Å². The third-order valence-electron chi connectivity index (χ3n) is 4.46. The molecule has 0 nitrogen and oxygen atoms in total. The topological polar surface area (TPSA) is 0 Å². The average Bonchev–Trinajstić information content (AvgIpc) is 2.47. The first-order valence-electron chi connectivity index (χ1n) is 4.91. The second-order valence-electron chi connectivity index (χ2n) is 4.95. The number of hydrogen-bond acceptors (Lipinski definition) is 0. The molecule has 1 unspecified atom stereocenters. The van der Waals surface area contributed by atoms with Gasteiger partial charge in [-0.1, -0.05) is 28.8 Å². The smallest absolute Gasteiger partial charge is 0.0156 e. The summed E-state index contributed by atoms with van der Waals surface area (Å²) in [5.74, 6) is 0. The van der Waals surface area contributed by atoms with Crippen molar-refractivity contribution in [2.75, 3.05) is 0 Å². The predicted octanol–water partition coefficient (Wildman–Crippen LogP) is 3.49. The van der Waals surface area contributed by atoms with Gasteiger partial charge in [0.05, 0.1) is 0 Å². The summed E-state index contributed by atoms with van der Waals surface area (Å²) in [7, 11) is 0. The van der Waals surface area contributed by atoms with E-state index in [1.54, 1.807) is 19.3 Å². The van der Waals surface area contributed by atoms with Crippen LogP contribution >= 0.6 is 15.9 Å². The molecule has 3 aliphatic carbocycles. The summed E-state index contributed by atoms with van der Waals surface area (Å²) in [5.41, 5.74) is 1.72. The molecule has 3 saturated carbocycles. The third kappa shape index (κ3) is 0.714. The largest absolute Gasteiger partial charge is 0.0890 e. The molecule has 1 heteroatoms. The first kappa shape index (κ1) is 6.94. The van der Waals surface area contributed by atoms with Crippen LogP contribution in [0.3, 0.4) is 0 Å². The van der Waals surface area contributed by atoms with Gasteiger partial charge in [-0.15, -0.1) is 0 Å². The second kappa shape index (κ2) is 1.86. The van der Waals surface area contributed by atoms with Gasteiger partial charge in [-0.25, -0.2) is 0 Å². The van der Waals surface area contributed by atoms with Crippen LogP contribution in [0.15, 0.2) is 0 Å². The Balaban J connectivity index is 1.92. The Morgan fingerprint density at radius 1 is 1.00 bits per heavy atom. The molecule has 0 radical (unpaired) electrons. The Morgan fingerprint density at radius 2 is 1.55 bits per heavy atom. The fraction of sp³-hybridized carbons (Fsp3) is 1.00. The maximum absolute atomic E-state index is 3.79. The van der Waals surface area contributed by atoms with Crippen molar-refractivity contribution in [3.8, 4) is 0 Å². The summed E-state index contributed by atoms with van der Waals surface area (Å²) in [6.07, 6.45) is 10.7. The molecule has 0 saturated heterocycles. The Hall–Kier alpha value is 0.480. The Labute approximate surface area is 76.9 Å². The molecule has 0 aliphatic heterocycles. The van der Waals surface area contributed by atoms with Gasteiger partial charge in [0.1, 0.15) is 0 Å². The van der Waals surface area contributed by atoms with Crippen molar-refractivity contribution in [1.29, 1.82) is 0 Å². The minimum atomic E-state index is 0.861. The van der Waals surface area contributed by atoms with Crippen molar-refractivity contribution < 1.29 is 0 Å². The first-order valence-corrected chi connectivity index (χ1v) is 5.82. The van der Waals surface area contributed by atoms with Crippen LogP contribution < -0.4 is 0 Å². The minimum absolute atomic E-state index is 0.861. The summed E-state index contributed by atoms with van der Waals surface area (Å²) in [5, 5.41) is 0. The normalized spacial score (nSPS) is 60.3. The van der Waals surface area contributed by atoms with E-state index in [2.05, 4.69) is 15.9 Å². The van der Waals surface area contributed by atoms with E-state index >= 15 is 0 Å². The molecule has 11 heavy (non-hydrogen) atoms. The lowest BCUT2D eigenvalue weighted by Crippen LogP contribution is -2.12. The standard InChI is InChI=1S/C10H15Br/c11-8-5-9-3-1-2-4-10(9,6-8)7-9/h8H,1-7H2/t8?,9-,10+. The molecule has 62 valence electrons. The second-order valence-corrected chi connectivity index (χ2v) is 6.25. The molecule has 0 aromatic rings. The van der Waals surface area contributed by atoms with Gasteiger partial charge in [-0.3, -0.25) is 0 Å². The molecule has 0 aromatic heterocycles. The number of hydrogen-bond donors (Lipinski definition) is 0. The zero-order valence-electron chi connectivity index (χ0n) is 6.91.